The zero-order valence-corrected chi connectivity index (χ0v) is 13.3. The summed E-state index contributed by atoms with van der Waals surface area (Å²) < 4.78 is 13.4. The third kappa shape index (κ3) is 4.20. The van der Waals surface area contributed by atoms with Crippen molar-refractivity contribution in [3.05, 3.63) is 34.6 Å². The Morgan fingerprint density at radius 2 is 2.00 bits per heavy atom. The molecule has 112 valence electrons. The van der Waals surface area contributed by atoms with Crippen molar-refractivity contribution in [1.82, 2.24) is 5.32 Å². The predicted molar refractivity (Wildman–Crippen MR) is 83.5 cm³/mol. The van der Waals surface area contributed by atoms with Crippen LogP contribution in [0.5, 0.6) is 0 Å². The van der Waals surface area contributed by atoms with Crippen LogP contribution in [0, 0.1) is 17.2 Å². The molecule has 0 heterocycles. The van der Waals surface area contributed by atoms with Crippen LogP contribution in [-0.4, -0.2) is 6.54 Å². The first-order valence-electron chi connectivity index (χ1n) is 7.65. The second kappa shape index (κ2) is 6.91. The first-order valence-corrected chi connectivity index (χ1v) is 8.03. The fourth-order valence-corrected chi connectivity index (χ4v) is 3.68. The van der Waals surface area contributed by atoms with Gasteiger partial charge in [0.2, 0.25) is 0 Å². The van der Waals surface area contributed by atoms with E-state index in [0.717, 1.165) is 18.0 Å². The zero-order chi connectivity index (χ0) is 14.6. The summed E-state index contributed by atoms with van der Waals surface area (Å²) in [4.78, 5) is 0. The van der Waals surface area contributed by atoms with Crippen molar-refractivity contribution in [1.29, 1.82) is 0 Å². The molecule has 0 saturated heterocycles. The molecule has 1 aliphatic rings. The van der Waals surface area contributed by atoms with Crippen molar-refractivity contribution in [2.45, 2.75) is 52.5 Å². The maximum atomic E-state index is 13.4. The van der Waals surface area contributed by atoms with E-state index in [1.807, 2.05) is 6.07 Å². The van der Waals surface area contributed by atoms with Crippen LogP contribution in [0.4, 0.5) is 4.39 Å². The Morgan fingerprint density at radius 3 is 2.60 bits per heavy atom. The lowest BCUT2D eigenvalue weighted by molar-refractivity contribution is 0.223. The highest BCUT2D eigenvalue weighted by atomic mass is 35.5. The van der Waals surface area contributed by atoms with Crippen LogP contribution in [0.3, 0.4) is 0 Å². The largest absolute Gasteiger partial charge is 0.312 e. The molecule has 0 radical (unpaired) electrons. The summed E-state index contributed by atoms with van der Waals surface area (Å²) >= 11 is 5.70. The van der Waals surface area contributed by atoms with E-state index in [0.29, 0.717) is 12.0 Å². The van der Waals surface area contributed by atoms with Gasteiger partial charge in [0.1, 0.15) is 5.82 Å². The molecular formula is C17H25ClFN. The van der Waals surface area contributed by atoms with Crippen LogP contribution in [0.2, 0.25) is 5.02 Å². The maximum absolute atomic E-state index is 13.4. The fourth-order valence-electron chi connectivity index (χ4n) is 3.57. The lowest BCUT2D eigenvalue weighted by Gasteiger charge is -2.31. The van der Waals surface area contributed by atoms with Gasteiger partial charge < -0.3 is 5.32 Å². The Bertz CT molecular complexity index is 439. The summed E-state index contributed by atoms with van der Waals surface area (Å²) in [5.74, 6) is 0.409. The third-order valence-electron chi connectivity index (χ3n) is 4.32. The Morgan fingerprint density at radius 1 is 1.30 bits per heavy atom. The van der Waals surface area contributed by atoms with Gasteiger partial charge in [-0.05, 0) is 48.3 Å². The van der Waals surface area contributed by atoms with Crippen LogP contribution in [-0.2, 0) is 6.54 Å². The normalized spacial score (nSPS) is 17.9. The van der Waals surface area contributed by atoms with E-state index in [2.05, 4.69) is 19.2 Å². The molecule has 0 aromatic heterocycles. The number of hydrogen-bond acceptors (Lipinski definition) is 1. The Balaban J connectivity index is 1.88. The minimum absolute atomic E-state index is 0.195. The molecular weight excluding hydrogens is 273 g/mol. The fraction of sp³-hybridized carbons (Fsp3) is 0.647. The third-order valence-corrected chi connectivity index (χ3v) is 4.63. The van der Waals surface area contributed by atoms with E-state index in [4.69, 9.17) is 11.6 Å². The van der Waals surface area contributed by atoms with Crippen molar-refractivity contribution in [2.24, 2.45) is 11.3 Å². The maximum Gasteiger partial charge on any atom is 0.142 e. The van der Waals surface area contributed by atoms with Crippen LogP contribution in [0.15, 0.2) is 18.2 Å². The van der Waals surface area contributed by atoms with E-state index in [1.54, 1.807) is 6.07 Å². The molecule has 0 atom stereocenters. The van der Waals surface area contributed by atoms with E-state index in [9.17, 15) is 4.39 Å². The van der Waals surface area contributed by atoms with E-state index < -0.39 is 0 Å². The van der Waals surface area contributed by atoms with Gasteiger partial charge in [-0.2, -0.15) is 0 Å². The highest BCUT2D eigenvalue weighted by Crippen LogP contribution is 2.42. The predicted octanol–water partition coefficient (Wildman–Crippen LogP) is 5.18. The second-order valence-corrected chi connectivity index (χ2v) is 7.06. The molecule has 1 N–H and O–H groups in total. The number of hydrogen-bond donors (Lipinski definition) is 1. The highest BCUT2D eigenvalue weighted by molar-refractivity contribution is 6.30. The van der Waals surface area contributed by atoms with Crippen LogP contribution < -0.4 is 5.32 Å². The molecule has 1 aromatic carbocycles. The van der Waals surface area contributed by atoms with E-state index >= 15 is 0 Å². The molecule has 1 aromatic rings. The van der Waals surface area contributed by atoms with Gasteiger partial charge in [-0.25, -0.2) is 4.39 Å². The molecule has 1 aliphatic carbocycles. The lowest BCUT2D eigenvalue weighted by Crippen LogP contribution is -2.33. The molecule has 0 bridgehead atoms. The van der Waals surface area contributed by atoms with Crippen LogP contribution >= 0.6 is 11.6 Å². The quantitative estimate of drug-likeness (QED) is 0.763. The standard InChI is InChI=1S/C17H25ClFN/c1-13(2)10-17(7-3-4-8-17)12-20-11-14-5-6-15(18)16(19)9-14/h5-6,9,13,20H,3-4,7-8,10-12H2,1-2H3. The molecule has 0 spiro atoms. The number of benzene rings is 1. The second-order valence-electron chi connectivity index (χ2n) is 6.66. The van der Waals surface area contributed by atoms with E-state index in [-0.39, 0.29) is 10.8 Å². The molecule has 0 aliphatic heterocycles. The molecule has 1 nitrogen and oxygen atoms in total. The summed E-state index contributed by atoms with van der Waals surface area (Å²) in [5, 5.41) is 3.72. The smallest absolute Gasteiger partial charge is 0.142 e. The summed E-state index contributed by atoms with van der Waals surface area (Å²) in [6.07, 6.45) is 6.64. The first-order chi connectivity index (χ1) is 9.51. The van der Waals surface area contributed by atoms with Gasteiger partial charge in [-0.1, -0.05) is 44.4 Å². The van der Waals surface area contributed by atoms with Crippen molar-refractivity contribution >= 4 is 11.6 Å². The van der Waals surface area contributed by atoms with Gasteiger partial charge in [0.25, 0.3) is 0 Å². The van der Waals surface area contributed by atoms with Gasteiger partial charge in [0, 0.05) is 13.1 Å². The van der Waals surface area contributed by atoms with Gasteiger partial charge >= 0.3 is 0 Å². The van der Waals surface area contributed by atoms with Gasteiger partial charge in [0.15, 0.2) is 0 Å². The first kappa shape index (κ1) is 15.8. The number of halogens is 2. The topological polar surface area (TPSA) is 12.0 Å². The van der Waals surface area contributed by atoms with Crippen molar-refractivity contribution in [3.8, 4) is 0 Å². The van der Waals surface area contributed by atoms with Crippen LogP contribution in [0.25, 0.3) is 0 Å². The Hall–Kier alpha value is -0.600. The molecule has 0 amide bonds. The highest BCUT2D eigenvalue weighted by Gasteiger charge is 2.33. The minimum Gasteiger partial charge on any atom is -0.312 e. The molecule has 0 unspecified atom stereocenters. The molecule has 2 rings (SSSR count). The molecule has 20 heavy (non-hydrogen) atoms. The van der Waals surface area contributed by atoms with Gasteiger partial charge in [0.05, 0.1) is 5.02 Å². The van der Waals surface area contributed by atoms with Gasteiger partial charge in [-0.15, -0.1) is 0 Å². The summed E-state index contributed by atoms with van der Waals surface area (Å²) in [7, 11) is 0. The number of nitrogens with one attached hydrogen (secondary N) is 1. The van der Waals surface area contributed by atoms with Crippen molar-refractivity contribution in [3.63, 3.8) is 0 Å². The van der Waals surface area contributed by atoms with Crippen LogP contribution in [0.1, 0.15) is 51.5 Å². The monoisotopic (exact) mass is 297 g/mol. The Kier molecular flexibility index (Phi) is 5.45. The van der Waals surface area contributed by atoms with Crippen molar-refractivity contribution in [2.75, 3.05) is 6.54 Å². The van der Waals surface area contributed by atoms with Gasteiger partial charge in [-0.3, -0.25) is 0 Å². The SMILES string of the molecule is CC(C)CC1(CNCc2ccc(Cl)c(F)c2)CCCC1. The summed E-state index contributed by atoms with van der Waals surface area (Å²) in [6.45, 7) is 6.35. The van der Waals surface area contributed by atoms with Crippen molar-refractivity contribution < 1.29 is 4.39 Å². The lowest BCUT2D eigenvalue weighted by atomic mass is 9.78. The molecule has 1 saturated carbocycles. The summed E-state index contributed by atoms with van der Waals surface area (Å²) in [6, 6.07) is 5.05. The average Bonchev–Trinajstić information content (AvgIpc) is 2.81. The molecule has 1 fully saturated rings. The molecule has 3 heteroatoms. The number of rotatable bonds is 6. The summed E-state index contributed by atoms with van der Waals surface area (Å²) in [5.41, 5.74) is 1.42. The minimum atomic E-state index is -0.330. The van der Waals surface area contributed by atoms with E-state index in [1.165, 1.54) is 38.2 Å². The Labute approximate surface area is 126 Å². The zero-order valence-electron chi connectivity index (χ0n) is 12.5. The average molecular weight is 298 g/mol.